The molecule has 0 heterocycles. The summed E-state index contributed by atoms with van der Waals surface area (Å²) in [5.74, 6) is -0.937. The quantitative estimate of drug-likeness (QED) is 0.256. The number of hydrogen-bond donors (Lipinski definition) is 1. The predicted octanol–water partition coefficient (Wildman–Crippen LogP) is 4.82. The van der Waals surface area contributed by atoms with E-state index in [4.69, 9.17) is 9.47 Å². The summed E-state index contributed by atoms with van der Waals surface area (Å²) in [5.41, 5.74) is 1.30. The number of benzene rings is 3. The van der Waals surface area contributed by atoms with Gasteiger partial charge >= 0.3 is 5.69 Å². The number of hydrogen-bond acceptors (Lipinski definition) is 6. The first-order chi connectivity index (χ1) is 19.3. The predicted molar refractivity (Wildman–Crippen MR) is 146 cm³/mol. The third-order valence-corrected chi connectivity index (χ3v) is 6.95. The second kappa shape index (κ2) is 13.5. The zero-order valence-corrected chi connectivity index (χ0v) is 22.3. The van der Waals surface area contributed by atoms with E-state index in [1.54, 1.807) is 12.1 Å². The zero-order valence-electron chi connectivity index (χ0n) is 22.3. The molecule has 0 radical (unpaired) electrons. The maximum absolute atomic E-state index is 13.7. The van der Waals surface area contributed by atoms with Gasteiger partial charge in [-0.2, -0.15) is 0 Å². The molecule has 9 nitrogen and oxygen atoms in total. The summed E-state index contributed by atoms with van der Waals surface area (Å²) in [6.45, 7) is -0.369. The van der Waals surface area contributed by atoms with Gasteiger partial charge in [-0.1, -0.05) is 55.3 Å². The van der Waals surface area contributed by atoms with E-state index >= 15 is 0 Å². The molecular formula is C30H32FN3O6. The Morgan fingerprint density at radius 3 is 2.40 bits per heavy atom. The number of ether oxygens (including phenoxy) is 2. The first-order valence-corrected chi connectivity index (χ1v) is 13.2. The Hall–Kier alpha value is -4.47. The number of carbonyl (C=O) groups is 2. The fourth-order valence-corrected chi connectivity index (χ4v) is 4.83. The summed E-state index contributed by atoms with van der Waals surface area (Å²) in [4.78, 5) is 39.5. The van der Waals surface area contributed by atoms with Gasteiger partial charge in [0.15, 0.2) is 6.61 Å². The lowest BCUT2D eigenvalue weighted by molar-refractivity contribution is -0.385. The molecule has 0 aliphatic heterocycles. The van der Waals surface area contributed by atoms with Crippen LogP contribution >= 0.6 is 0 Å². The monoisotopic (exact) mass is 549 g/mol. The minimum atomic E-state index is -0.851. The number of nitro groups is 1. The minimum Gasteiger partial charge on any atom is -0.490 e. The lowest BCUT2D eigenvalue weighted by Gasteiger charge is -2.32. The normalized spacial score (nSPS) is 13.8. The number of methoxy groups -OCH3 is 1. The van der Waals surface area contributed by atoms with Gasteiger partial charge in [-0.05, 0) is 42.2 Å². The third kappa shape index (κ3) is 7.56. The summed E-state index contributed by atoms with van der Waals surface area (Å²) < 4.78 is 24.4. The van der Waals surface area contributed by atoms with Crippen molar-refractivity contribution in [3.8, 4) is 11.5 Å². The van der Waals surface area contributed by atoms with Gasteiger partial charge in [0.1, 0.15) is 17.6 Å². The highest BCUT2D eigenvalue weighted by Gasteiger charge is 2.32. The van der Waals surface area contributed by atoms with Crippen LogP contribution in [-0.4, -0.2) is 47.4 Å². The molecule has 0 saturated heterocycles. The fraction of sp³-hybridized carbons (Fsp3) is 0.333. The van der Waals surface area contributed by atoms with E-state index in [9.17, 15) is 24.1 Å². The Labute approximate surface area is 232 Å². The van der Waals surface area contributed by atoms with E-state index in [-0.39, 0.29) is 42.1 Å². The van der Waals surface area contributed by atoms with Crippen molar-refractivity contribution in [2.75, 3.05) is 13.7 Å². The fourth-order valence-electron chi connectivity index (χ4n) is 4.83. The van der Waals surface area contributed by atoms with Crippen molar-refractivity contribution in [1.29, 1.82) is 0 Å². The molecule has 1 aliphatic carbocycles. The number of nitrogens with zero attached hydrogens (tertiary/aromatic N) is 2. The molecular weight excluding hydrogens is 517 g/mol. The van der Waals surface area contributed by atoms with Crippen LogP contribution in [0.5, 0.6) is 11.5 Å². The Morgan fingerprint density at radius 1 is 1.05 bits per heavy atom. The van der Waals surface area contributed by atoms with Crippen LogP contribution in [0.25, 0.3) is 0 Å². The standard InChI is InChI=1S/C30H32FN3O6/c1-39-28-18-25(15-16-26(28)34(37)38)40-20-29(35)33(19-22-11-13-23(31)14-12-22)27(17-21-7-3-2-4-8-21)30(36)32-24-9-5-6-10-24/h2-4,7-8,11-16,18,24,27H,5-6,9-10,17,19-20H2,1H3,(H,32,36)/t27-/m0/s1. The van der Waals surface area contributed by atoms with E-state index in [1.807, 2.05) is 30.3 Å². The van der Waals surface area contributed by atoms with Crippen LogP contribution in [-0.2, 0) is 22.6 Å². The van der Waals surface area contributed by atoms with Crippen molar-refractivity contribution < 1.29 is 28.4 Å². The molecule has 1 atom stereocenters. The van der Waals surface area contributed by atoms with Crippen LogP contribution in [0, 0.1) is 15.9 Å². The van der Waals surface area contributed by atoms with Crippen molar-refractivity contribution >= 4 is 17.5 Å². The van der Waals surface area contributed by atoms with Gasteiger partial charge in [0.25, 0.3) is 5.91 Å². The highest BCUT2D eigenvalue weighted by Crippen LogP contribution is 2.31. The van der Waals surface area contributed by atoms with E-state index in [0.29, 0.717) is 5.56 Å². The topological polar surface area (TPSA) is 111 Å². The summed E-state index contributed by atoms with van der Waals surface area (Å²) in [5, 5.41) is 14.3. The molecule has 0 unspecified atom stereocenters. The van der Waals surface area contributed by atoms with Crippen LogP contribution in [0.2, 0.25) is 0 Å². The molecule has 3 aromatic rings. The average Bonchev–Trinajstić information content (AvgIpc) is 3.47. The highest BCUT2D eigenvalue weighted by atomic mass is 19.1. The molecule has 0 bridgehead atoms. The number of amides is 2. The molecule has 210 valence electrons. The molecule has 1 saturated carbocycles. The van der Waals surface area contributed by atoms with Crippen LogP contribution in [0.1, 0.15) is 36.8 Å². The Balaban J connectivity index is 1.61. The zero-order chi connectivity index (χ0) is 28.5. The SMILES string of the molecule is COc1cc(OCC(=O)N(Cc2ccc(F)cc2)[C@@H](Cc2ccccc2)C(=O)NC2CCCC2)ccc1[N+](=O)[O-]. The number of carbonyl (C=O) groups excluding carboxylic acids is 2. The Kier molecular flexibility index (Phi) is 9.66. The smallest absolute Gasteiger partial charge is 0.311 e. The summed E-state index contributed by atoms with van der Waals surface area (Å²) in [7, 11) is 1.30. The summed E-state index contributed by atoms with van der Waals surface area (Å²) >= 11 is 0. The van der Waals surface area contributed by atoms with E-state index in [2.05, 4.69) is 5.32 Å². The Morgan fingerprint density at radius 2 is 1.75 bits per heavy atom. The van der Waals surface area contributed by atoms with Crippen molar-refractivity contribution in [2.45, 2.75) is 50.7 Å². The largest absolute Gasteiger partial charge is 0.490 e. The molecule has 2 amide bonds. The van der Waals surface area contributed by atoms with Gasteiger partial charge in [-0.15, -0.1) is 0 Å². The van der Waals surface area contributed by atoms with Crippen LogP contribution in [0.4, 0.5) is 10.1 Å². The van der Waals surface area contributed by atoms with Crippen molar-refractivity contribution in [2.24, 2.45) is 0 Å². The molecule has 1 N–H and O–H groups in total. The molecule has 1 aliphatic rings. The number of nitro benzene ring substituents is 1. The van der Waals surface area contributed by atoms with Crippen molar-refractivity contribution in [3.63, 3.8) is 0 Å². The van der Waals surface area contributed by atoms with E-state index in [0.717, 1.165) is 31.2 Å². The second-order valence-electron chi connectivity index (χ2n) is 9.72. The van der Waals surface area contributed by atoms with E-state index in [1.165, 1.54) is 42.3 Å². The molecule has 1 fully saturated rings. The third-order valence-electron chi connectivity index (χ3n) is 6.95. The minimum absolute atomic E-state index is 0.00369. The van der Waals surface area contributed by atoms with Gasteiger partial charge in [0.2, 0.25) is 11.7 Å². The van der Waals surface area contributed by atoms with Crippen molar-refractivity contribution in [3.05, 3.63) is 99.9 Å². The van der Waals surface area contributed by atoms with Crippen LogP contribution in [0.15, 0.2) is 72.8 Å². The van der Waals surface area contributed by atoms with Gasteiger partial charge in [0.05, 0.1) is 12.0 Å². The number of rotatable bonds is 12. The molecule has 0 spiro atoms. The molecule has 3 aromatic carbocycles. The average molecular weight is 550 g/mol. The molecule has 4 rings (SSSR count). The van der Waals surface area contributed by atoms with Gasteiger partial charge < -0.3 is 19.7 Å². The van der Waals surface area contributed by atoms with E-state index < -0.39 is 29.3 Å². The van der Waals surface area contributed by atoms with Crippen LogP contribution in [0.3, 0.4) is 0 Å². The lowest BCUT2D eigenvalue weighted by Crippen LogP contribution is -2.53. The molecule has 0 aromatic heterocycles. The summed E-state index contributed by atoms with van der Waals surface area (Å²) in [6, 6.07) is 18.4. The second-order valence-corrected chi connectivity index (χ2v) is 9.72. The van der Waals surface area contributed by atoms with Crippen LogP contribution < -0.4 is 14.8 Å². The molecule has 40 heavy (non-hydrogen) atoms. The molecule has 10 heteroatoms. The first-order valence-electron chi connectivity index (χ1n) is 13.2. The number of halogens is 1. The Bertz CT molecular complexity index is 1310. The lowest BCUT2D eigenvalue weighted by atomic mass is 10.0. The van der Waals surface area contributed by atoms with Crippen molar-refractivity contribution in [1.82, 2.24) is 10.2 Å². The first kappa shape index (κ1) is 28.5. The van der Waals surface area contributed by atoms with Gasteiger partial charge in [-0.25, -0.2) is 4.39 Å². The number of nitrogens with one attached hydrogen (secondary N) is 1. The highest BCUT2D eigenvalue weighted by molar-refractivity contribution is 5.88. The maximum atomic E-state index is 13.7. The van der Waals surface area contributed by atoms with Gasteiger partial charge in [-0.3, -0.25) is 19.7 Å². The van der Waals surface area contributed by atoms with Gasteiger partial charge in [0, 0.05) is 31.1 Å². The summed E-state index contributed by atoms with van der Waals surface area (Å²) in [6.07, 6.45) is 4.14. The maximum Gasteiger partial charge on any atom is 0.311 e.